The second kappa shape index (κ2) is 5.60. The van der Waals surface area contributed by atoms with Gasteiger partial charge >= 0.3 is 0 Å². The number of hydrogen-bond donors (Lipinski definition) is 0. The predicted molar refractivity (Wildman–Crippen MR) is 81.0 cm³/mol. The molecule has 2 aromatic carbocycles. The maximum Gasteiger partial charge on any atom is 0.170 e. The van der Waals surface area contributed by atoms with E-state index < -0.39 is 0 Å². The third-order valence-corrected chi connectivity index (χ3v) is 3.45. The van der Waals surface area contributed by atoms with Crippen molar-refractivity contribution in [3.63, 3.8) is 0 Å². The van der Waals surface area contributed by atoms with Crippen LogP contribution < -0.4 is 9.47 Å². The highest BCUT2D eigenvalue weighted by Gasteiger charge is 2.27. The van der Waals surface area contributed by atoms with Crippen molar-refractivity contribution in [3.8, 4) is 11.5 Å². The summed E-state index contributed by atoms with van der Waals surface area (Å²) in [6, 6.07) is 15.2. The molecule has 1 atom stereocenters. The SMILES string of the molecule is CC(C)Oc1ccc(C2CC(=O)c3ccccc3O2)cc1. The Morgan fingerprint density at radius 2 is 1.81 bits per heavy atom. The largest absolute Gasteiger partial charge is 0.491 e. The summed E-state index contributed by atoms with van der Waals surface area (Å²) in [5.41, 5.74) is 1.67. The van der Waals surface area contributed by atoms with Crippen LogP contribution in [0.2, 0.25) is 0 Å². The number of benzene rings is 2. The molecule has 21 heavy (non-hydrogen) atoms. The normalized spacial score (nSPS) is 17.3. The fourth-order valence-electron chi connectivity index (χ4n) is 2.49. The number of ketones is 1. The fraction of sp³-hybridized carbons (Fsp3) is 0.278. The maximum absolute atomic E-state index is 12.2. The number of ether oxygens (including phenoxy) is 2. The van der Waals surface area contributed by atoms with E-state index in [0.717, 1.165) is 11.3 Å². The summed E-state index contributed by atoms with van der Waals surface area (Å²) in [5, 5.41) is 0. The molecule has 1 unspecified atom stereocenters. The lowest BCUT2D eigenvalue weighted by molar-refractivity contribution is 0.0850. The van der Waals surface area contributed by atoms with E-state index in [1.165, 1.54) is 0 Å². The lowest BCUT2D eigenvalue weighted by atomic mass is 9.96. The molecule has 108 valence electrons. The molecule has 0 radical (unpaired) electrons. The van der Waals surface area contributed by atoms with Gasteiger partial charge in [-0.15, -0.1) is 0 Å². The number of para-hydroxylation sites is 1. The molecule has 3 heteroatoms. The molecule has 3 rings (SSSR count). The summed E-state index contributed by atoms with van der Waals surface area (Å²) in [7, 11) is 0. The molecule has 2 aromatic rings. The van der Waals surface area contributed by atoms with Crippen LogP contribution in [0.4, 0.5) is 0 Å². The first-order valence-electron chi connectivity index (χ1n) is 7.19. The third-order valence-electron chi connectivity index (χ3n) is 3.45. The van der Waals surface area contributed by atoms with E-state index in [1.54, 1.807) is 0 Å². The molecule has 3 nitrogen and oxygen atoms in total. The highest BCUT2D eigenvalue weighted by Crippen LogP contribution is 2.35. The van der Waals surface area contributed by atoms with Crippen LogP contribution in [0.1, 0.15) is 42.3 Å². The van der Waals surface area contributed by atoms with Gasteiger partial charge in [-0.05, 0) is 43.7 Å². The van der Waals surface area contributed by atoms with Crippen molar-refractivity contribution in [1.82, 2.24) is 0 Å². The van der Waals surface area contributed by atoms with Gasteiger partial charge in [0.05, 0.1) is 18.1 Å². The first-order chi connectivity index (χ1) is 10.1. The minimum absolute atomic E-state index is 0.129. The van der Waals surface area contributed by atoms with Gasteiger partial charge in [0.25, 0.3) is 0 Å². The molecule has 0 N–H and O–H groups in total. The number of carbonyl (C=O) groups is 1. The first-order valence-corrected chi connectivity index (χ1v) is 7.19. The average molecular weight is 282 g/mol. The van der Waals surface area contributed by atoms with E-state index in [-0.39, 0.29) is 18.0 Å². The molecule has 0 aliphatic carbocycles. The number of fused-ring (bicyclic) bond motifs is 1. The molecule has 1 heterocycles. The molecular weight excluding hydrogens is 264 g/mol. The Balaban J connectivity index is 1.81. The van der Waals surface area contributed by atoms with Crippen molar-refractivity contribution in [2.45, 2.75) is 32.5 Å². The van der Waals surface area contributed by atoms with Gasteiger partial charge in [0.15, 0.2) is 5.78 Å². The summed E-state index contributed by atoms with van der Waals surface area (Å²) >= 11 is 0. The Kier molecular flexibility index (Phi) is 3.65. The van der Waals surface area contributed by atoms with Crippen molar-refractivity contribution in [2.24, 2.45) is 0 Å². The van der Waals surface area contributed by atoms with Crippen LogP contribution in [0.3, 0.4) is 0 Å². The van der Waals surface area contributed by atoms with E-state index in [1.807, 2.05) is 62.4 Å². The fourth-order valence-corrected chi connectivity index (χ4v) is 2.49. The minimum atomic E-state index is -0.222. The maximum atomic E-state index is 12.2. The molecule has 0 saturated heterocycles. The molecule has 1 aliphatic heterocycles. The summed E-state index contributed by atoms with van der Waals surface area (Å²) < 4.78 is 11.6. The second-order valence-electron chi connectivity index (χ2n) is 5.47. The van der Waals surface area contributed by atoms with Crippen LogP contribution in [-0.4, -0.2) is 11.9 Å². The topological polar surface area (TPSA) is 35.5 Å². The summed E-state index contributed by atoms with van der Waals surface area (Å²) in [6.45, 7) is 3.99. The number of Topliss-reactive ketones (excluding diaryl/α,β-unsaturated/α-hetero) is 1. The van der Waals surface area contributed by atoms with Crippen LogP contribution in [-0.2, 0) is 0 Å². The Morgan fingerprint density at radius 1 is 1.10 bits per heavy atom. The molecular formula is C18H18O3. The molecule has 0 fully saturated rings. The predicted octanol–water partition coefficient (Wildman–Crippen LogP) is 4.18. The Morgan fingerprint density at radius 3 is 2.52 bits per heavy atom. The van der Waals surface area contributed by atoms with Crippen molar-refractivity contribution in [3.05, 3.63) is 59.7 Å². The van der Waals surface area contributed by atoms with E-state index in [9.17, 15) is 4.79 Å². The average Bonchev–Trinajstić information content (AvgIpc) is 2.47. The highest BCUT2D eigenvalue weighted by molar-refractivity contribution is 5.99. The van der Waals surface area contributed by atoms with Crippen molar-refractivity contribution in [2.75, 3.05) is 0 Å². The number of hydrogen-bond acceptors (Lipinski definition) is 3. The van der Waals surface area contributed by atoms with E-state index >= 15 is 0 Å². The third kappa shape index (κ3) is 2.92. The smallest absolute Gasteiger partial charge is 0.170 e. The van der Waals surface area contributed by atoms with Gasteiger partial charge in [0.1, 0.15) is 17.6 Å². The highest BCUT2D eigenvalue weighted by atomic mass is 16.5. The van der Waals surface area contributed by atoms with Gasteiger partial charge in [-0.25, -0.2) is 0 Å². The Labute approximate surface area is 124 Å². The zero-order valence-electron chi connectivity index (χ0n) is 12.2. The lowest BCUT2D eigenvalue weighted by Gasteiger charge is -2.25. The number of carbonyl (C=O) groups excluding carboxylic acids is 1. The Hall–Kier alpha value is -2.29. The zero-order valence-corrected chi connectivity index (χ0v) is 12.2. The monoisotopic (exact) mass is 282 g/mol. The summed E-state index contributed by atoms with van der Waals surface area (Å²) in [4.78, 5) is 12.2. The Bertz CT molecular complexity index is 644. The summed E-state index contributed by atoms with van der Waals surface area (Å²) in [5.74, 6) is 1.63. The number of rotatable bonds is 3. The van der Waals surface area contributed by atoms with Gasteiger partial charge < -0.3 is 9.47 Å². The van der Waals surface area contributed by atoms with Crippen LogP contribution in [0.15, 0.2) is 48.5 Å². The minimum Gasteiger partial charge on any atom is -0.491 e. The molecule has 0 bridgehead atoms. The molecule has 0 amide bonds. The standard InChI is InChI=1S/C18H18O3/c1-12(2)20-14-9-7-13(8-10-14)18-11-16(19)15-5-3-4-6-17(15)21-18/h3-10,12,18H,11H2,1-2H3. The van der Waals surface area contributed by atoms with Crippen molar-refractivity contribution < 1.29 is 14.3 Å². The van der Waals surface area contributed by atoms with E-state index in [0.29, 0.717) is 17.7 Å². The lowest BCUT2D eigenvalue weighted by Crippen LogP contribution is -2.20. The van der Waals surface area contributed by atoms with Crippen molar-refractivity contribution in [1.29, 1.82) is 0 Å². The zero-order chi connectivity index (χ0) is 14.8. The second-order valence-corrected chi connectivity index (χ2v) is 5.47. The van der Waals surface area contributed by atoms with Crippen LogP contribution in [0.25, 0.3) is 0 Å². The molecule has 1 aliphatic rings. The molecule has 0 aromatic heterocycles. The first kappa shape index (κ1) is 13.7. The van der Waals surface area contributed by atoms with Gasteiger partial charge in [0.2, 0.25) is 0 Å². The van der Waals surface area contributed by atoms with Gasteiger partial charge in [-0.1, -0.05) is 24.3 Å². The van der Waals surface area contributed by atoms with Crippen LogP contribution in [0, 0.1) is 0 Å². The summed E-state index contributed by atoms with van der Waals surface area (Å²) in [6.07, 6.45) is 0.303. The molecule has 0 spiro atoms. The van der Waals surface area contributed by atoms with Crippen LogP contribution >= 0.6 is 0 Å². The van der Waals surface area contributed by atoms with Crippen molar-refractivity contribution >= 4 is 5.78 Å². The van der Waals surface area contributed by atoms with E-state index in [4.69, 9.17) is 9.47 Å². The quantitative estimate of drug-likeness (QED) is 0.847. The van der Waals surface area contributed by atoms with Gasteiger partial charge in [-0.2, -0.15) is 0 Å². The van der Waals surface area contributed by atoms with E-state index in [2.05, 4.69) is 0 Å². The van der Waals surface area contributed by atoms with Gasteiger partial charge in [0, 0.05) is 0 Å². The molecule has 0 saturated carbocycles. The van der Waals surface area contributed by atoms with Gasteiger partial charge in [-0.3, -0.25) is 4.79 Å². The van der Waals surface area contributed by atoms with Crippen LogP contribution in [0.5, 0.6) is 11.5 Å².